The van der Waals surface area contributed by atoms with Gasteiger partial charge in [0.15, 0.2) is 0 Å². The number of benzene rings is 2. The molecule has 2 aromatic carbocycles. The molecule has 7 nitrogen and oxygen atoms in total. The summed E-state index contributed by atoms with van der Waals surface area (Å²) in [6.45, 7) is 9.89. The molecule has 2 saturated heterocycles. The number of carbonyl (C=O) groups is 2. The lowest BCUT2D eigenvalue weighted by atomic mass is 9.72. The summed E-state index contributed by atoms with van der Waals surface area (Å²) < 4.78 is 11.0. The van der Waals surface area contributed by atoms with E-state index in [1.807, 2.05) is 63.2 Å². The van der Waals surface area contributed by atoms with Crippen molar-refractivity contribution in [3.8, 4) is 0 Å². The zero-order chi connectivity index (χ0) is 23.2. The van der Waals surface area contributed by atoms with E-state index in [1.165, 1.54) is 11.3 Å². The van der Waals surface area contributed by atoms with E-state index in [-0.39, 0.29) is 24.2 Å². The quantitative estimate of drug-likeness (QED) is 0.693. The van der Waals surface area contributed by atoms with Crippen LogP contribution in [0.1, 0.15) is 31.9 Å². The highest BCUT2D eigenvalue weighted by atomic mass is 16.6. The SMILES string of the molecule is CC(C)(C)OC(=O)N1CC2(C1)CN(c1cccc3c1CCN3C(=O)OCc1ccccc1)C2. The smallest absolute Gasteiger partial charge is 0.414 e. The normalized spacial score (nSPS) is 18.5. The zero-order valence-electron chi connectivity index (χ0n) is 19.5. The Morgan fingerprint density at radius 2 is 1.61 bits per heavy atom. The molecule has 2 aromatic rings. The topological polar surface area (TPSA) is 62.3 Å². The summed E-state index contributed by atoms with van der Waals surface area (Å²) in [6, 6.07) is 15.9. The molecule has 3 aliphatic heterocycles. The molecule has 33 heavy (non-hydrogen) atoms. The Labute approximate surface area is 194 Å². The second-order valence-electron chi connectivity index (χ2n) is 10.4. The number of amides is 2. The summed E-state index contributed by atoms with van der Waals surface area (Å²) in [6.07, 6.45) is 0.290. The van der Waals surface area contributed by atoms with Gasteiger partial charge >= 0.3 is 12.2 Å². The van der Waals surface area contributed by atoms with E-state index in [4.69, 9.17) is 9.47 Å². The lowest BCUT2D eigenvalue weighted by Gasteiger charge is -2.60. The highest BCUT2D eigenvalue weighted by molar-refractivity contribution is 5.92. The third-order valence-electron chi connectivity index (χ3n) is 6.53. The molecule has 0 radical (unpaired) electrons. The highest BCUT2D eigenvalue weighted by Gasteiger charge is 2.54. The number of fused-ring (bicyclic) bond motifs is 1. The predicted molar refractivity (Wildman–Crippen MR) is 127 cm³/mol. The van der Waals surface area contributed by atoms with Crippen LogP contribution in [0.3, 0.4) is 0 Å². The molecular weight excluding hydrogens is 418 g/mol. The Morgan fingerprint density at radius 3 is 2.30 bits per heavy atom. The molecular formula is C26H31N3O4. The molecule has 7 heteroatoms. The van der Waals surface area contributed by atoms with Gasteiger partial charge in [0.1, 0.15) is 12.2 Å². The van der Waals surface area contributed by atoms with Gasteiger partial charge in [-0.1, -0.05) is 36.4 Å². The average Bonchev–Trinajstić information content (AvgIpc) is 3.14. The Balaban J connectivity index is 1.19. The summed E-state index contributed by atoms with van der Waals surface area (Å²) in [5, 5.41) is 0. The molecule has 0 aromatic heterocycles. The summed E-state index contributed by atoms with van der Waals surface area (Å²) in [4.78, 5) is 30.9. The van der Waals surface area contributed by atoms with Crippen molar-refractivity contribution in [2.75, 3.05) is 42.5 Å². The second-order valence-corrected chi connectivity index (χ2v) is 10.4. The van der Waals surface area contributed by atoms with Crippen LogP contribution < -0.4 is 9.80 Å². The van der Waals surface area contributed by atoms with Gasteiger partial charge < -0.3 is 19.3 Å². The molecule has 0 bridgehead atoms. The van der Waals surface area contributed by atoms with Gasteiger partial charge in [0.05, 0.1) is 5.69 Å². The van der Waals surface area contributed by atoms with Gasteiger partial charge in [-0.05, 0) is 44.9 Å². The summed E-state index contributed by atoms with van der Waals surface area (Å²) in [7, 11) is 0. The van der Waals surface area contributed by atoms with Crippen LogP contribution >= 0.6 is 0 Å². The van der Waals surface area contributed by atoms with Crippen molar-refractivity contribution >= 4 is 23.6 Å². The van der Waals surface area contributed by atoms with Gasteiger partial charge in [0.2, 0.25) is 0 Å². The number of nitrogens with zero attached hydrogens (tertiary/aromatic N) is 3. The molecule has 1 spiro atoms. The fourth-order valence-corrected chi connectivity index (χ4v) is 5.05. The van der Waals surface area contributed by atoms with Crippen LogP contribution in [-0.4, -0.2) is 55.4 Å². The van der Waals surface area contributed by atoms with E-state index in [0.717, 1.165) is 43.9 Å². The fourth-order valence-electron chi connectivity index (χ4n) is 5.05. The van der Waals surface area contributed by atoms with Crippen molar-refractivity contribution in [3.05, 3.63) is 59.7 Å². The minimum absolute atomic E-state index is 0.159. The predicted octanol–water partition coefficient (Wildman–Crippen LogP) is 4.44. The van der Waals surface area contributed by atoms with E-state index in [9.17, 15) is 9.59 Å². The second kappa shape index (κ2) is 7.97. The molecule has 2 fully saturated rings. The van der Waals surface area contributed by atoms with E-state index in [2.05, 4.69) is 11.0 Å². The number of hydrogen-bond donors (Lipinski definition) is 0. The Kier molecular flexibility index (Phi) is 5.22. The first-order valence-corrected chi connectivity index (χ1v) is 11.6. The summed E-state index contributed by atoms with van der Waals surface area (Å²) >= 11 is 0. The molecule has 0 saturated carbocycles. The van der Waals surface area contributed by atoms with Gasteiger partial charge in [-0.2, -0.15) is 0 Å². The van der Waals surface area contributed by atoms with Crippen molar-refractivity contribution in [1.82, 2.24) is 4.90 Å². The molecule has 0 N–H and O–H groups in total. The fraction of sp³-hybridized carbons (Fsp3) is 0.462. The first-order valence-electron chi connectivity index (χ1n) is 11.6. The van der Waals surface area contributed by atoms with Crippen molar-refractivity contribution in [3.63, 3.8) is 0 Å². The van der Waals surface area contributed by atoms with Gasteiger partial charge in [-0.15, -0.1) is 0 Å². The van der Waals surface area contributed by atoms with E-state index < -0.39 is 5.60 Å². The Bertz CT molecular complexity index is 1050. The van der Waals surface area contributed by atoms with Crippen LogP contribution in [-0.2, 0) is 22.5 Å². The van der Waals surface area contributed by atoms with Crippen LogP contribution in [0.25, 0.3) is 0 Å². The zero-order valence-corrected chi connectivity index (χ0v) is 19.5. The molecule has 5 rings (SSSR count). The van der Waals surface area contributed by atoms with Gasteiger partial charge in [0, 0.05) is 49.4 Å². The molecule has 0 atom stereocenters. The van der Waals surface area contributed by atoms with Crippen LogP contribution in [0.5, 0.6) is 0 Å². The van der Waals surface area contributed by atoms with Crippen molar-refractivity contribution in [1.29, 1.82) is 0 Å². The van der Waals surface area contributed by atoms with Crippen molar-refractivity contribution < 1.29 is 19.1 Å². The van der Waals surface area contributed by atoms with Crippen LogP contribution in [0.4, 0.5) is 21.0 Å². The first kappa shape index (κ1) is 21.6. The number of rotatable bonds is 3. The summed E-state index contributed by atoms with van der Waals surface area (Å²) in [5.74, 6) is 0. The van der Waals surface area contributed by atoms with E-state index in [1.54, 1.807) is 9.80 Å². The van der Waals surface area contributed by atoms with E-state index in [0.29, 0.717) is 6.54 Å². The third-order valence-corrected chi connectivity index (χ3v) is 6.53. The maximum absolute atomic E-state index is 12.7. The lowest BCUT2D eigenvalue weighted by molar-refractivity contribution is -0.0453. The van der Waals surface area contributed by atoms with Gasteiger partial charge in [-0.3, -0.25) is 4.90 Å². The van der Waals surface area contributed by atoms with Crippen LogP contribution in [0, 0.1) is 5.41 Å². The number of anilines is 2. The highest BCUT2D eigenvalue weighted by Crippen LogP contribution is 2.45. The molecule has 2 amide bonds. The van der Waals surface area contributed by atoms with Gasteiger partial charge in [0.25, 0.3) is 0 Å². The standard InChI is InChI=1S/C26H31N3O4/c1-25(2,3)33-23(30)28-17-26(18-28)15-27(16-26)21-10-7-11-22-20(21)12-13-29(22)24(31)32-14-19-8-5-4-6-9-19/h4-11H,12-18H2,1-3H3. The number of ether oxygens (including phenoxy) is 2. The number of likely N-dealkylation sites (tertiary alicyclic amines) is 1. The Morgan fingerprint density at radius 1 is 0.909 bits per heavy atom. The minimum atomic E-state index is -0.468. The van der Waals surface area contributed by atoms with Crippen molar-refractivity contribution in [2.24, 2.45) is 5.41 Å². The van der Waals surface area contributed by atoms with Gasteiger partial charge in [-0.25, -0.2) is 9.59 Å². The molecule has 0 unspecified atom stereocenters. The van der Waals surface area contributed by atoms with E-state index >= 15 is 0 Å². The lowest BCUT2D eigenvalue weighted by Crippen LogP contribution is -2.73. The first-order chi connectivity index (χ1) is 15.7. The van der Waals surface area contributed by atoms with Crippen LogP contribution in [0.2, 0.25) is 0 Å². The third kappa shape index (κ3) is 4.24. The number of hydrogen-bond acceptors (Lipinski definition) is 5. The average molecular weight is 450 g/mol. The van der Waals surface area contributed by atoms with Crippen LogP contribution in [0.15, 0.2) is 48.5 Å². The molecule has 3 heterocycles. The maximum Gasteiger partial charge on any atom is 0.414 e. The number of carbonyl (C=O) groups excluding carboxylic acids is 2. The monoisotopic (exact) mass is 449 g/mol. The largest absolute Gasteiger partial charge is 0.444 e. The molecule has 0 aliphatic carbocycles. The van der Waals surface area contributed by atoms with Crippen molar-refractivity contribution in [2.45, 2.75) is 39.4 Å². The Hall–Kier alpha value is -3.22. The maximum atomic E-state index is 12.7. The summed E-state index contributed by atoms with van der Waals surface area (Å²) in [5.41, 5.74) is 4.00. The minimum Gasteiger partial charge on any atom is -0.444 e. The molecule has 3 aliphatic rings. The molecule has 174 valence electrons.